The molecule has 2 aromatic rings. The predicted molar refractivity (Wildman–Crippen MR) is 64.9 cm³/mol. The lowest BCUT2D eigenvalue weighted by Gasteiger charge is -2.07. The topological polar surface area (TPSA) is 62.5 Å². The number of allylic oxidation sites excluding steroid dienone is 1. The molecule has 0 unspecified atom stereocenters. The highest BCUT2D eigenvalue weighted by Gasteiger charge is 2.13. The fraction of sp³-hybridized carbons (Fsp3) is 0.154. The molecule has 0 saturated carbocycles. The van der Waals surface area contributed by atoms with Gasteiger partial charge in [-0.25, -0.2) is 4.79 Å². The van der Waals surface area contributed by atoms with E-state index in [2.05, 4.69) is 0 Å². The molecule has 0 aliphatic rings. The summed E-state index contributed by atoms with van der Waals surface area (Å²) in [5.74, 6) is -1.25. The molecule has 0 radical (unpaired) electrons. The fourth-order valence-electron chi connectivity index (χ4n) is 1.79. The maximum Gasteiger partial charge on any atom is 0.336 e. The Balaban J connectivity index is 2.42. The van der Waals surface area contributed by atoms with Gasteiger partial charge in [0.25, 0.3) is 0 Å². The van der Waals surface area contributed by atoms with Crippen LogP contribution in [0.25, 0.3) is 10.9 Å². The van der Waals surface area contributed by atoms with Gasteiger partial charge in [0.2, 0.25) is 0 Å². The van der Waals surface area contributed by atoms with Gasteiger partial charge in [-0.2, -0.15) is 0 Å². The van der Waals surface area contributed by atoms with Gasteiger partial charge in [0, 0.05) is 11.7 Å². The van der Waals surface area contributed by atoms with E-state index in [1.807, 2.05) is 36.5 Å². The van der Waals surface area contributed by atoms with Gasteiger partial charge in [0.05, 0.1) is 12.1 Å². The van der Waals surface area contributed by atoms with Crippen LogP contribution in [0.2, 0.25) is 0 Å². The SMILES string of the molecule is C/C(O)=C(\Cn1ccc2ccccc21)C(=O)O. The molecule has 0 spiro atoms. The van der Waals surface area contributed by atoms with Crippen LogP contribution in [0.5, 0.6) is 0 Å². The Kier molecular flexibility index (Phi) is 2.87. The minimum Gasteiger partial charge on any atom is -0.512 e. The van der Waals surface area contributed by atoms with E-state index in [1.165, 1.54) is 6.92 Å². The molecule has 4 heteroatoms. The molecular weight excluding hydrogens is 218 g/mol. The summed E-state index contributed by atoms with van der Waals surface area (Å²) >= 11 is 0. The molecule has 0 atom stereocenters. The number of para-hydroxylation sites is 1. The van der Waals surface area contributed by atoms with Crippen LogP contribution < -0.4 is 0 Å². The van der Waals surface area contributed by atoms with E-state index < -0.39 is 5.97 Å². The van der Waals surface area contributed by atoms with Crippen molar-refractivity contribution in [3.63, 3.8) is 0 Å². The highest BCUT2D eigenvalue weighted by Crippen LogP contribution is 2.17. The summed E-state index contributed by atoms with van der Waals surface area (Å²) < 4.78 is 1.80. The summed E-state index contributed by atoms with van der Waals surface area (Å²) in [4.78, 5) is 11.0. The molecule has 1 aromatic heterocycles. The average molecular weight is 231 g/mol. The second-order valence-electron chi connectivity index (χ2n) is 3.87. The normalized spacial score (nSPS) is 12.5. The standard InChI is InChI=1S/C13H13NO3/c1-9(15)11(13(16)17)8-14-7-6-10-4-2-3-5-12(10)14/h2-7,15H,8H2,1H3,(H,16,17)/b11-9-. The number of nitrogens with zero attached hydrogens (tertiary/aromatic N) is 1. The maximum absolute atomic E-state index is 11.0. The number of aliphatic carboxylic acids is 1. The first-order chi connectivity index (χ1) is 8.09. The van der Waals surface area contributed by atoms with Gasteiger partial charge in [-0.15, -0.1) is 0 Å². The molecule has 0 aliphatic heterocycles. The van der Waals surface area contributed by atoms with Crippen LogP contribution in [0.1, 0.15) is 6.92 Å². The molecule has 0 aliphatic carbocycles. The number of fused-ring (bicyclic) bond motifs is 1. The maximum atomic E-state index is 11.0. The molecule has 88 valence electrons. The van der Waals surface area contributed by atoms with Crippen molar-refractivity contribution in [3.8, 4) is 0 Å². The number of benzene rings is 1. The van der Waals surface area contributed by atoms with Crippen molar-refractivity contribution in [2.24, 2.45) is 0 Å². The Hall–Kier alpha value is -2.23. The van der Waals surface area contributed by atoms with E-state index in [0.29, 0.717) is 0 Å². The van der Waals surface area contributed by atoms with Crippen LogP contribution in [-0.4, -0.2) is 20.7 Å². The van der Waals surface area contributed by atoms with Crippen molar-refractivity contribution < 1.29 is 15.0 Å². The summed E-state index contributed by atoms with van der Waals surface area (Å²) in [6.07, 6.45) is 1.82. The highest BCUT2D eigenvalue weighted by atomic mass is 16.4. The van der Waals surface area contributed by atoms with Crippen molar-refractivity contribution >= 4 is 16.9 Å². The number of aromatic nitrogens is 1. The molecular formula is C13H13NO3. The lowest BCUT2D eigenvalue weighted by atomic mass is 10.2. The van der Waals surface area contributed by atoms with Gasteiger partial charge >= 0.3 is 5.97 Å². The quantitative estimate of drug-likeness (QED) is 0.630. The van der Waals surface area contributed by atoms with Crippen LogP contribution in [0.4, 0.5) is 0 Å². The molecule has 0 fully saturated rings. The summed E-state index contributed by atoms with van der Waals surface area (Å²) in [5, 5.41) is 19.4. The van der Waals surface area contributed by atoms with Gasteiger partial charge in [-0.05, 0) is 24.4 Å². The summed E-state index contributed by atoms with van der Waals surface area (Å²) in [6, 6.07) is 9.62. The number of carboxylic acids is 1. The lowest BCUT2D eigenvalue weighted by molar-refractivity contribution is -0.133. The summed E-state index contributed by atoms with van der Waals surface area (Å²) in [6.45, 7) is 1.54. The number of aliphatic hydroxyl groups excluding tert-OH is 1. The number of hydrogen-bond acceptors (Lipinski definition) is 2. The zero-order valence-corrected chi connectivity index (χ0v) is 9.42. The molecule has 0 amide bonds. The van der Waals surface area contributed by atoms with E-state index >= 15 is 0 Å². The molecule has 0 saturated heterocycles. The first-order valence-electron chi connectivity index (χ1n) is 5.25. The molecule has 4 nitrogen and oxygen atoms in total. The number of carbonyl (C=O) groups is 1. The Morgan fingerprint density at radius 3 is 2.59 bits per heavy atom. The van der Waals surface area contributed by atoms with E-state index in [4.69, 9.17) is 5.11 Å². The van der Waals surface area contributed by atoms with Crippen LogP contribution in [-0.2, 0) is 11.3 Å². The van der Waals surface area contributed by atoms with E-state index in [0.717, 1.165) is 10.9 Å². The van der Waals surface area contributed by atoms with Crippen molar-refractivity contribution in [2.45, 2.75) is 13.5 Å². The average Bonchev–Trinajstić information content (AvgIpc) is 2.68. The van der Waals surface area contributed by atoms with Gasteiger partial charge in [-0.1, -0.05) is 18.2 Å². The van der Waals surface area contributed by atoms with Crippen molar-refractivity contribution in [1.29, 1.82) is 0 Å². The van der Waals surface area contributed by atoms with Crippen LogP contribution in [0.3, 0.4) is 0 Å². The minimum absolute atomic E-state index is 0.00588. The smallest absolute Gasteiger partial charge is 0.336 e. The number of rotatable bonds is 3. The Morgan fingerprint density at radius 2 is 1.94 bits per heavy atom. The number of aliphatic hydroxyl groups is 1. The Morgan fingerprint density at radius 1 is 1.24 bits per heavy atom. The van der Waals surface area contributed by atoms with Crippen molar-refractivity contribution in [3.05, 3.63) is 47.9 Å². The second-order valence-corrected chi connectivity index (χ2v) is 3.87. The van der Waals surface area contributed by atoms with E-state index in [-0.39, 0.29) is 17.9 Å². The van der Waals surface area contributed by atoms with E-state index in [9.17, 15) is 9.90 Å². The molecule has 2 rings (SSSR count). The molecule has 17 heavy (non-hydrogen) atoms. The molecule has 2 N–H and O–H groups in total. The van der Waals surface area contributed by atoms with Gasteiger partial charge in [-0.3, -0.25) is 0 Å². The lowest BCUT2D eigenvalue weighted by Crippen LogP contribution is -2.10. The first-order valence-corrected chi connectivity index (χ1v) is 5.25. The fourth-order valence-corrected chi connectivity index (χ4v) is 1.79. The van der Waals surface area contributed by atoms with Crippen LogP contribution >= 0.6 is 0 Å². The number of carboxylic acid groups (broad SMARTS) is 1. The number of hydrogen-bond donors (Lipinski definition) is 2. The summed E-state index contributed by atoms with van der Waals surface area (Å²) in [7, 11) is 0. The van der Waals surface area contributed by atoms with Crippen LogP contribution in [0.15, 0.2) is 47.9 Å². The monoisotopic (exact) mass is 231 g/mol. The minimum atomic E-state index is -1.09. The Bertz CT molecular complexity index is 591. The van der Waals surface area contributed by atoms with Gasteiger partial charge < -0.3 is 14.8 Å². The summed E-state index contributed by atoms with van der Waals surface area (Å²) in [5.41, 5.74) is 0.957. The zero-order valence-electron chi connectivity index (χ0n) is 9.42. The second kappa shape index (κ2) is 4.33. The predicted octanol–water partition coefficient (Wildman–Crippen LogP) is 2.56. The third-order valence-corrected chi connectivity index (χ3v) is 2.70. The third kappa shape index (κ3) is 2.15. The first kappa shape index (κ1) is 11.3. The molecule has 1 heterocycles. The van der Waals surface area contributed by atoms with E-state index in [1.54, 1.807) is 4.57 Å². The molecule has 1 aromatic carbocycles. The third-order valence-electron chi connectivity index (χ3n) is 2.70. The zero-order chi connectivity index (χ0) is 12.4. The van der Waals surface area contributed by atoms with Gasteiger partial charge in [0.15, 0.2) is 0 Å². The van der Waals surface area contributed by atoms with Crippen LogP contribution in [0, 0.1) is 0 Å². The van der Waals surface area contributed by atoms with Crippen molar-refractivity contribution in [2.75, 3.05) is 0 Å². The van der Waals surface area contributed by atoms with Gasteiger partial charge in [0.1, 0.15) is 5.76 Å². The van der Waals surface area contributed by atoms with Crippen molar-refractivity contribution in [1.82, 2.24) is 4.57 Å². The largest absolute Gasteiger partial charge is 0.512 e. The Labute approximate surface area is 98.4 Å². The molecule has 0 bridgehead atoms. The highest BCUT2D eigenvalue weighted by molar-refractivity contribution is 5.87.